The molecule has 3 heterocycles. The van der Waals surface area contributed by atoms with Gasteiger partial charge in [-0.05, 0) is 70.9 Å². The number of aliphatic hydroxyl groups is 1. The van der Waals surface area contributed by atoms with E-state index in [1.807, 2.05) is 25.3 Å². The Morgan fingerprint density at radius 3 is 2.71 bits per heavy atom. The van der Waals surface area contributed by atoms with Gasteiger partial charge in [-0.2, -0.15) is 0 Å². The number of Topliss-reactive ketones (excluding diaryl/α,β-unsaturated/α-hetero) is 1. The van der Waals surface area contributed by atoms with Gasteiger partial charge in [0.2, 0.25) is 0 Å². The lowest BCUT2D eigenvalue weighted by atomic mass is 9.78. The zero-order chi connectivity index (χ0) is 24.7. The zero-order valence-electron chi connectivity index (χ0n) is 20.7. The van der Waals surface area contributed by atoms with Crippen molar-refractivity contribution in [2.24, 2.45) is 5.92 Å². The number of rotatable bonds is 7. The number of ether oxygens (including phenoxy) is 1. The molecule has 0 saturated carbocycles. The summed E-state index contributed by atoms with van der Waals surface area (Å²) in [6.07, 6.45) is 2.41. The first kappa shape index (κ1) is 25.3. The Labute approximate surface area is 210 Å². The van der Waals surface area contributed by atoms with Crippen molar-refractivity contribution in [2.45, 2.75) is 88.1 Å². The minimum absolute atomic E-state index is 0.00548. The molecule has 1 fully saturated rings. The molecule has 2 aliphatic rings. The lowest BCUT2D eigenvalue weighted by Crippen LogP contribution is -2.52. The third kappa shape index (κ3) is 4.93. The van der Waals surface area contributed by atoms with Gasteiger partial charge in [0.15, 0.2) is 11.0 Å². The summed E-state index contributed by atoms with van der Waals surface area (Å²) in [6.45, 7) is 11.4. The van der Waals surface area contributed by atoms with Crippen molar-refractivity contribution in [2.75, 3.05) is 11.9 Å². The Kier molecular flexibility index (Phi) is 7.19. The van der Waals surface area contributed by atoms with E-state index < -0.39 is 16.8 Å². The molecule has 5 nitrogen and oxygen atoms in total. The summed E-state index contributed by atoms with van der Waals surface area (Å²) in [5.74, 6) is -0.471. The molecular weight excluding hydrogens is 466 g/mol. The van der Waals surface area contributed by atoms with E-state index in [4.69, 9.17) is 4.74 Å². The van der Waals surface area contributed by atoms with Gasteiger partial charge < -0.3 is 15.2 Å². The molecule has 2 N–H and O–H groups in total. The quantitative estimate of drug-likeness (QED) is 0.385. The highest BCUT2D eigenvalue weighted by atomic mass is 32.2. The second kappa shape index (κ2) is 9.67. The molecule has 2 atom stereocenters. The second-order valence-corrected chi connectivity index (χ2v) is 12.9. The van der Waals surface area contributed by atoms with Gasteiger partial charge in [-0.1, -0.05) is 34.6 Å². The summed E-state index contributed by atoms with van der Waals surface area (Å²) in [5.41, 5.74) is 3.67. The summed E-state index contributed by atoms with van der Waals surface area (Å²) in [6, 6.07) is 6.34. The number of esters is 1. The second-order valence-electron chi connectivity index (χ2n) is 10.7. The number of thioether (sulfide) groups is 1. The van der Waals surface area contributed by atoms with Crippen LogP contribution < -0.4 is 5.32 Å². The van der Waals surface area contributed by atoms with E-state index in [9.17, 15) is 14.7 Å². The number of hydrogen-bond donors (Lipinski definition) is 2. The number of thiophene rings is 1. The number of hydrogen-bond acceptors (Lipinski definition) is 7. The number of cyclic esters (lactones) is 1. The zero-order valence-corrected chi connectivity index (χ0v) is 22.3. The van der Waals surface area contributed by atoms with Crippen LogP contribution in [0.1, 0.15) is 69.0 Å². The summed E-state index contributed by atoms with van der Waals surface area (Å²) < 4.78 is 6.13. The van der Waals surface area contributed by atoms with E-state index >= 15 is 0 Å². The molecule has 2 aliphatic heterocycles. The molecule has 0 aliphatic carbocycles. The number of anilines is 1. The highest BCUT2D eigenvalue weighted by Crippen LogP contribution is 2.44. The van der Waals surface area contributed by atoms with Crippen molar-refractivity contribution in [3.8, 4) is 0 Å². The maximum atomic E-state index is 13.4. The molecular formula is C27H35NO4S2. The predicted molar refractivity (Wildman–Crippen MR) is 139 cm³/mol. The Hall–Kier alpha value is -1.83. The molecule has 0 spiro atoms. The number of nitrogens with one attached hydrogen (secondary N) is 1. The highest BCUT2D eigenvalue weighted by Gasteiger charge is 2.49. The topological polar surface area (TPSA) is 75.6 Å². The third-order valence-electron chi connectivity index (χ3n) is 7.10. The van der Waals surface area contributed by atoms with Crippen LogP contribution in [0.5, 0.6) is 0 Å². The molecule has 1 saturated heterocycles. The number of carbonyl (C=O) groups is 2. The van der Waals surface area contributed by atoms with Gasteiger partial charge in [0.1, 0.15) is 5.60 Å². The normalized spacial score (nSPS) is 22.6. The molecule has 7 heteroatoms. The van der Waals surface area contributed by atoms with Crippen LogP contribution in [-0.4, -0.2) is 34.3 Å². The number of fused-ring (bicyclic) bond motifs is 1. The Morgan fingerprint density at radius 2 is 2.06 bits per heavy atom. The SMILES string of the molecule is CC(C)C1(CCc2ccsc2CO)CC(=O)C(Sc2cc3c(cc2C(C)(C)C)NCC3)C(=O)O1. The maximum Gasteiger partial charge on any atom is 0.327 e. The Balaban J connectivity index is 1.56. The van der Waals surface area contributed by atoms with Gasteiger partial charge in [0, 0.05) is 28.4 Å². The minimum atomic E-state index is -0.838. The average Bonchev–Trinajstić information content (AvgIpc) is 3.41. The van der Waals surface area contributed by atoms with Crippen molar-refractivity contribution in [3.05, 3.63) is 45.1 Å². The number of aryl methyl sites for hydroxylation is 1. The van der Waals surface area contributed by atoms with Crippen molar-refractivity contribution in [1.29, 1.82) is 0 Å². The highest BCUT2D eigenvalue weighted by molar-refractivity contribution is 8.01. The molecule has 0 amide bonds. The molecule has 2 unspecified atom stereocenters. The summed E-state index contributed by atoms with van der Waals surface area (Å²) in [4.78, 5) is 28.7. The van der Waals surface area contributed by atoms with Crippen molar-refractivity contribution in [1.82, 2.24) is 0 Å². The first-order valence-electron chi connectivity index (χ1n) is 12.0. The van der Waals surface area contributed by atoms with Crippen LogP contribution >= 0.6 is 23.1 Å². The number of carbonyl (C=O) groups excluding carboxylic acids is 2. The van der Waals surface area contributed by atoms with Crippen LogP contribution in [0.25, 0.3) is 0 Å². The molecule has 0 bridgehead atoms. The number of benzene rings is 1. The van der Waals surface area contributed by atoms with E-state index in [0.29, 0.717) is 12.8 Å². The fourth-order valence-corrected chi connectivity index (χ4v) is 6.99. The monoisotopic (exact) mass is 501 g/mol. The van der Waals surface area contributed by atoms with Crippen LogP contribution in [-0.2, 0) is 39.2 Å². The lowest BCUT2D eigenvalue weighted by Gasteiger charge is -2.41. The van der Waals surface area contributed by atoms with Crippen LogP contribution in [0, 0.1) is 5.92 Å². The largest absolute Gasteiger partial charge is 0.457 e. The van der Waals surface area contributed by atoms with Crippen molar-refractivity contribution in [3.63, 3.8) is 0 Å². The smallest absolute Gasteiger partial charge is 0.327 e. The number of aliphatic hydroxyl groups excluding tert-OH is 1. The Bertz CT molecular complexity index is 1060. The molecule has 2 aromatic rings. The van der Waals surface area contributed by atoms with E-state index in [2.05, 4.69) is 38.2 Å². The van der Waals surface area contributed by atoms with Gasteiger partial charge in [-0.25, -0.2) is 0 Å². The first-order chi connectivity index (χ1) is 16.0. The Morgan fingerprint density at radius 1 is 1.29 bits per heavy atom. The fourth-order valence-electron chi connectivity index (χ4n) is 4.88. The maximum absolute atomic E-state index is 13.4. The van der Waals surface area contributed by atoms with E-state index in [0.717, 1.165) is 39.6 Å². The van der Waals surface area contributed by atoms with E-state index in [1.54, 1.807) is 0 Å². The van der Waals surface area contributed by atoms with Gasteiger partial charge >= 0.3 is 5.97 Å². The summed E-state index contributed by atoms with van der Waals surface area (Å²) >= 11 is 2.88. The van der Waals surface area contributed by atoms with Crippen LogP contribution in [0.4, 0.5) is 5.69 Å². The van der Waals surface area contributed by atoms with Crippen molar-refractivity contribution < 1.29 is 19.4 Å². The van der Waals surface area contributed by atoms with Gasteiger partial charge in [0.05, 0.1) is 6.61 Å². The van der Waals surface area contributed by atoms with Crippen LogP contribution in [0.2, 0.25) is 0 Å². The summed E-state index contributed by atoms with van der Waals surface area (Å²) in [7, 11) is 0. The van der Waals surface area contributed by atoms with Gasteiger partial charge in [0.25, 0.3) is 0 Å². The average molecular weight is 502 g/mol. The first-order valence-corrected chi connectivity index (χ1v) is 13.8. The molecule has 184 valence electrons. The van der Waals surface area contributed by atoms with Gasteiger partial charge in [-0.15, -0.1) is 23.1 Å². The molecule has 1 aromatic heterocycles. The van der Waals surface area contributed by atoms with Crippen molar-refractivity contribution >= 4 is 40.5 Å². The predicted octanol–water partition coefficient (Wildman–Crippen LogP) is 5.51. The van der Waals surface area contributed by atoms with E-state index in [-0.39, 0.29) is 30.1 Å². The van der Waals surface area contributed by atoms with Gasteiger partial charge in [-0.3, -0.25) is 9.59 Å². The molecule has 34 heavy (non-hydrogen) atoms. The molecule has 4 rings (SSSR count). The molecule has 0 radical (unpaired) electrons. The molecule has 1 aromatic carbocycles. The van der Waals surface area contributed by atoms with Crippen LogP contribution in [0.3, 0.4) is 0 Å². The fraction of sp³-hybridized carbons (Fsp3) is 0.556. The van der Waals surface area contributed by atoms with Crippen LogP contribution in [0.15, 0.2) is 28.5 Å². The van der Waals surface area contributed by atoms with E-state index in [1.165, 1.54) is 28.7 Å². The third-order valence-corrected chi connectivity index (χ3v) is 9.33. The number of ketones is 1. The standard InChI is InChI=1S/C27H35NO4S2/c1-16(2)27(9-6-17-8-11-33-23(17)15-29)14-21(30)24(25(31)32-27)34-22-12-18-7-10-28-20(18)13-19(22)26(3,4)5/h8,11-13,16,24,28-29H,6-7,9-10,14-15H2,1-5H3. The summed E-state index contributed by atoms with van der Waals surface area (Å²) in [5, 5.41) is 14.1. The lowest BCUT2D eigenvalue weighted by molar-refractivity contribution is -0.176. The minimum Gasteiger partial charge on any atom is -0.457 e.